The molecule has 5 rings (SSSR count). The third kappa shape index (κ3) is 3.58. The highest BCUT2D eigenvalue weighted by atomic mass is 16.5. The lowest BCUT2D eigenvalue weighted by Gasteiger charge is -2.25. The summed E-state index contributed by atoms with van der Waals surface area (Å²) >= 11 is 0. The van der Waals surface area contributed by atoms with Gasteiger partial charge in [-0.25, -0.2) is 0 Å². The molecule has 10 heteroatoms. The van der Waals surface area contributed by atoms with Gasteiger partial charge in [0, 0.05) is 30.8 Å². The number of morpholine rings is 1. The summed E-state index contributed by atoms with van der Waals surface area (Å²) in [7, 11) is 0. The first-order chi connectivity index (χ1) is 15.3. The molecule has 1 saturated carbocycles. The average molecular weight is 441 g/mol. The standard InChI is InChI=1S/C22H27N5O5/c1-12(2)9-26-20-13(3-6-17(28)25-10-16-7-15(25)11-32-16)8-23-27(20)22(31)18(21(26)30)19(29)24-14-4-5-14/h3,6,8,12,14-16,30H,4-5,7,9-11H2,1-2H3,(H,24,29)/b6-3+/t15-,16-/m1/s1. The van der Waals surface area contributed by atoms with Crippen molar-refractivity contribution in [2.45, 2.75) is 57.8 Å². The number of ether oxygens (including phenoxy) is 1. The van der Waals surface area contributed by atoms with Crippen molar-refractivity contribution in [3.05, 3.63) is 33.8 Å². The van der Waals surface area contributed by atoms with Gasteiger partial charge in [-0.3, -0.25) is 19.0 Å². The summed E-state index contributed by atoms with van der Waals surface area (Å²) in [5.41, 5.74) is -0.135. The second kappa shape index (κ2) is 7.77. The third-order valence-electron chi connectivity index (χ3n) is 6.19. The summed E-state index contributed by atoms with van der Waals surface area (Å²) in [6.07, 6.45) is 7.25. The Hall–Kier alpha value is -3.14. The Kier molecular flexibility index (Phi) is 5.04. The number of carbonyl (C=O) groups excluding carboxylic acids is 2. The largest absolute Gasteiger partial charge is 0.494 e. The van der Waals surface area contributed by atoms with Gasteiger partial charge in [-0.15, -0.1) is 0 Å². The Balaban J connectivity index is 1.53. The number of fused-ring (bicyclic) bond motifs is 3. The van der Waals surface area contributed by atoms with Crippen LogP contribution in [0.15, 0.2) is 17.1 Å². The lowest BCUT2D eigenvalue weighted by atomic mass is 10.2. The summed E-state index contributed by atoms with van der Waals surface area (Å²) < 4.78 is 8.20. The molecule has 2 atom stereocenters. The van der Waals surface area contributed by atoms with Crippen LogP contribution in [-0.2, 0) is 16.1 Å². The van der Waals surface area contributed by atoms with E-state index in [0.717, 1.165) is 23.8 Å². The zero-order chi connectivity index (χ0) is 22.6. The van der Waals surface area contributed by atoms with Crippen molar-refractivity contribution in [2.24, 2.45) is 5.92 Å². The molecule has 2 saturated heterocycles. The molecule has 2 N–H and O–H groups in total. The number of hydrogen-bond donors (Lipinski definition) is 2. The van der Waals surface area contributed by atoms with Crippen molar-refractivity contribution >= 4 is 23.5 Å². The summed E-state index contributed by atoms with van der Waals surface area (Å²) in [6, 6.07) is 0.153. The summed E-state index contributed by atoms with van der Waals surface area (Å²) in [6.45, 7) is 5.46. The van der Waals surface area contributed by atoms with Crippen LogP contribution in [0.4, 0.5) is 0 Å². The van der Waals surface area contributed by atoms with E-state index in [2.05, 4.69) is 10.4 Å². The minimum absolute atomic E-state index is 0.0453. The normalized spacial score (nSPS) is 22.5. The van der Waals surface area contributed by atoms with E-state index in [1.807, 2.05) is 13.8 Å². The molecule has 0 aromatic carbocycles. The van der Waals surface area contributed by atoms with Crippen LogP contribution in [-0.4, -0.2) is 67.3 Å². The molecule has 10 nitrogen and oxygen atoms in total. The number of hydrogen-bond acceptors (Lipinski definition) is 6. The van der Waals surface area contributed by atoms with Crippen LogP contribution >= 0.6 is 0 Å². The second-order valence-electron chi connectivity index (χ2n) is 9.26. The van der Waals surface area contributed by atoms with Gasteiger partial charge in [0.1, 0.15) is 5.65 Å². The van der Waals surface area contributed by atoms with E-state index < -0.39 is 11.5 Å². The van der Waals surface area contributed by atoms with Crippen LogP contribution in [0.25, 0.3) is 11.7 Å². The molecular formula is C22H27N5O5. The number of likely N-dealkylation sites (tertiary alicyclic amines) is 1. The van der Waals surface area contributed by atoms with Gasteiger partial charge >= 0.3 is 0 Å². The van der Waals surface area contributed by atoms with Gasteiger partial charge in [-0.1, -0.05) is 13.8 Å². The molecule has 32 heavy (non-hydrogen) atoms. The Labute approximate surface area is 184 Å². The Bertz CT molecular complexity index is 1180. The first-order valence-corrected chi connectivity index (χ1v) is 11.1. The van der Waals surface area contributed by atoms with Gasteiger partial charge in [0.05, 0.1) is 24.9 Å². The molecule has 4 heterocycles. The van der Waals surface area contributed by atoms with Gasteiger partial charge in [0.25, 0.3) is 11.5 Å². The van der Waals surface area contributed by atoms with Crippen molar-refractivity contribution < 1.29 is 19.4 Å². The van der Waals surface area contributed by atoms with Crippen molar-refractivity contribution in [1.82, 2.24) is 24.4 Å². The predicted molar refractivity (Wildman–Crippen MR) is 115 cm³/mol. The fraction of sp³-hybridized carbons (Fsp3) is 0.545. The van der Waals surface area contributed by atoms with Crippen LogP contribution < -0.4 is 10.9 Å². The predicted octanol–water partition coefficient (Wildman–Crippen LogP) is 0.763. The molecule has 170 valence electrons. The van der Waals surface area contributed by atoms with E-state index in [1.54, 1.807) is 11.0 Å². The van der Waals surface area contributed by atoms with E-state index in [9.17, 15) is 19.5 Å². The maximum absolute atomic E-state index is 13.0. The first-order valence-electron chi connectivity index (χ1n) is 11.1. The Morgan fingerprint density at radius 2 is 2.16 bits per heavy atom. The van der Waals surface area contributed by atoms with Gasteiger partial charge in [-0.2, -0.15) is 9.61 Å². The van der Waals surface area contributed by atoms with Gasteiger partial charge in [-0.05, 0) is 31.3 Å². The topological polar surface area (TPSA) is 118 Å². The average Bonchev–Trinajstić information content (AvgIpc) is 3.15. The van der Waals surface area contributed by atoms with E-state index in [0.29, 0.717) is 30.9 Å². The zero-order valence-electron chi connectivity index (χ0n) is 18.2. The van der Waals surface area contributed by atoms with Crippen molar-refractivity contribution in [2.75, 3.05) is 13.2 Å². The molecule has 0 unspecified atom stereocenters. The zero-order valence-corrected chi connectivity index (χ0v) is 18.2. The number of rotatable bonds is 6. The molecule has 3 fully saturated rings. The molecule has 2 aromatic heterocycles. The van der Waals surface area contributed by atoms with Crippen molar-refractivity contribution in [1.29, 1.82) is 0 Å². The van der Waals surface area contributed by atoms with E-state index >= 15 is 0 Å². The molecule has 0 radical (unpaired) electrons. The van der Waals surface area contributed by atoms with Crippen LogP contribution in [0, 0.1) is 5.92 Å². The molecule has 3 aliphatic rings. The Morgan fingerprint density at radius 3 is 2.78 bits per heavy atom. The number of aromatic nitrogens is 3. The SMILES string of the molecule is CC(C)Cn1c(O)c(C(=O)NC2CC2)c(=O)n2ncc(/C=C/C(=O)N3C[C@H]4C[C@@H]3CO4)c12. The van der Waals surface area contributed by atoms with Crippen LogP contribution in [0.2, 0.25) is 0 Å². The van der Waals surface area contributed by atoms with Crippen molar-refractivity contribution in [3.8, 4) is 5.88 Å². The maximum Gasteiger partial charge on any atom is 0.291 e. The minimum Gasteiger partial charge on any atom is -0.494 e. The number of nitrogens with one attached hydrogen (secondary N) is 1. The Morgan fingerprint density at radius 1 is 1.38 bits per heavy atom. The molecule has 2 amide bonds. The third-order valence-corrected chi connectivity index (χ3v) is 6.19. The molecule has 1 aliphatic carbocycles. The van der Waals surface area contributed by atoms with E-state index in [4.69, 9.17) is 4.74 Å². The fourth-order valence-electron chi connectivity index (χ4n) is 4.48. The molecule has 2 aliphatic heterocycles. The highest BCUT2D eigenvalue weighted by molar-refractivity contribution is 5.97. The second-order valence-corrected chi connectivity index (χ2v) is 9.26. The number of nitrogens with zero attached hydrogens (tertiary/aromatic N) is 4. The number of amides is 2. The summed E-state index contributed by atoms with van der Waals surface area (Å²) in [4.78, 5) is 40.2. The van der Waals surface area contributed by atoms with Gasteiger partial charge in [0.2, 0.25) is 11.8 Å². The summed E-state index contributed by atoms with van der Waals surface area (Å²) in [5, 5.41) is 17.9. The lowest BCUT2D eigenvalue weighted by Crippen LogP contribution is -2.40. The molecular weight excluding hydrogens is 414 g/mol. The molecule has 2 bridgehead atoms. The van der Waals surface area contributed by atoms with E-state index in [-0.39, 0.29) is 41.5 Å². The number of aromatic hydroxyl groups is 1. The van der Waals surface area contributed by atoms with Crippen LogP contribution in [0.5, 0.6) is 5.88 Å². The van der Waals surface area contributed by atoms with Gasteiger partial charge in [0.15, 0.2) is 5.56 Å². The first kappa shape index (κ1) is 20.7. The van der Waals surface area contributed by atoms with Gasteiger partial charge < -0.3 is 20.1 Å². The fourth-order valence-corrected chi connectivity index (χ4v) is 4.48. The highest BCUT2D eigenvalue weighted by Gasteiger charge is 2.40. The smallest absolute Gasteiger partial charge is 0.291 e. The lowest BCUT2D eigenvalue weighted by molar-refractivity contribution is -0.130. The quantitative estimate of drug-likeness (QED) is 0.639. The monoisotopic (exact) mass is 441 g/mol. The van der Waals surface area contributed by atoms with Crippen LogP contribution in [0.3, 0.4) is 0 Å². The van der Waals surface area contributed by atoms with Crippen LogP contribution in [0.1, 0.15) is 49.0 Å². The minimum atomic E-state index is -0.685. The van der Waals surface area contributed by atoms with E-state index in [1.165, 1.54) is 16.8 Å². The van der Waals surface area contributed by atoms with Crippen molar-refractivity contribution in [3.63, 3.8) is 0 Å². The highest BCUT2D eigenvalue weighted by Crippen LogP contribution is 2.28. The summed E-state index contributed by atoms with van der Waals surface area (Å²) in [5.74, 6) is -0.976. The molecule has 2 aromatic rings. The molecule has 0 spiro atoms. The number of carbonyl (C=O) groups is 2. The maximum atomic E-state index is 13.0.